The lowest BCUT2D eigenvalue weighted by Crippen LogP contribution is -1.83. The summed E-state index contributed by atoms with van der Waals surface area (Å²) in [4.78, 5) is 4.18. The molecule has 0 saturated heterocycles. The van der Waals surface area contributed by atoms with Crippen molar-refractivity contribution in [2.45, 2.75) is 27.2 Å². The van der Waals surface area contributed by atoms with E-state index in [2.05, 4.69) is 4.99 Å². The molecule has 1 N–H and O–H groups in total. The van der Waals surface area contributed by atoms with E-state index in [-0.39, 0.29) is 6.61 Å². The van der Waals surface area contributed by atoms with Gasteiger partial charge in [-0.3, -0.25) is 4.99 Å². The van der Waals surface area contributed by atoms with Gasteiger partial charge in [0.15, 0.2) is 0 Å². The fraction of sp³-hybridized carbons (Fsp3) is 0.625. The molecule has 0 rings (SSSR count). The van der Waals surface area contributed by atoms with Crippen molar-refractivity contribution in [3.8, 4) is 0 Å². The Balaban J connectivity index is 3.82. The molecule has 0 spiro atoms. The highest BCUT2D eigenvalue weighted by molar-refractivity contribution is 5.80. The molecule has 0 atom stereocenters. The summed E-state index contributed by atoms with van der Waals surface area (Å²) in [6.45, 7) is 6.05. The van der Waals surface area contributed by atoms with Crippen molar-refractivity contribution in [1.29, 1.82) is 0 Å². The second-order valence-corrected chi connectivity index (χ2v) is 2.42. The van der Waals surface area contributed by atoms with E-state index in [0.29, 0.717) is 6.42 Å². The molecule has 2 heteroatoms. The second kappa shape index (κ2) is 5.18. The van der Waals surface area contributed by atoms with Gasteiger partial charge in [-0.2, -0.15) is 0 Å². The van der Waals surface area contributed by atoms with Crippen molar-refractivity contribution in [2.75, 3.05) is 6.61 Å². The Labute approximate surface area is 62.3 Å². The summed E-state index contributed by atoms with van der Waals surface area (Å²) in [5.74, 6) is 0. The molecule has 0 radical (unpaired) electrons. The number of aliphatic imine (C=N–C) groups is 1. The smallest absolute Gasteiger partial charge is 0.0466 e. The van der Waals surface area contributed by atoms with Crippen LogP contribution in [0.1, 0.15) is 27.2 Å². The van der Waals surface area contributed by atoms with Crippen LogP contribution in [0.4, 0.5) is 0 Å². The van der Waals surface area contributed by atoms with E-state index in [4.69, 9.17) is 5.11 Å². The fourth-order valence-electron chi connectivity index (χ4n) is 0.672. The van der Waals surface area contributed by atoms with Crippen LogP contribution in [0.25, 0.3) is 0 Å². The second-order valence-electron chi connectivity index (χ2n) is 2.42. The molecular formula is C8H15NO. The zero-order valence-corrected chi connectivity index (χ0v) is 6.89. The SMILES string of the molecule is CC(C)=N/C(C)=C/CCO. The van der Waals surface area contributed by atoms with Crippen LogP contribution in [0.2, 0.25) is 0 Å². The highest BCUT2D eigenvalue weighted by Gasteiger charge is 1.83. The molecule has 0 fully saturated rings. The van der Waals surface area contributed by atoms with Crippen molar-refractivity contribution in [3.63, 3.8) is 0 Å². The Bertz CT molecular complexity index is 143. The average molecular weight is 141 g/mol. The topological polar surface area (TPSA) is 32.6 Å². The van der Waals surface area contributed by atoms with E-state index in [1.807, 2.05) is 26.8 Å². The van der Waals surface area contributed by atoms with Gasteiger partial charge in [-0.25, -0.2) is 0 Å². The molecule has 0 aliphatic rings. The van der Waals surface area contributed by atoms with Gasteiger partial charge in [-0.1, -0.05) is 6.08 Å². The maximum absolute atomic E-state index is 8.46. The number of allylic oxidation sites excluding steroid dienone is 1. The highest BCUT2D eigenvalue weighted by atomic mass is 16.2. The molecule has 0 amide bonds. The van der Waals surface area contributed by atoms with Crippen LogP contribution in [0, 0.1) is 0 Å². The third kappa shape index (κ3) is 5.51. The normalized spacial score (nSPS) is 11.4. The maximum atomic E-state index is 8.46. The molecule has 0 unspecified atom stereocenters. The summed E-state index contributed by atoms with van der Waals surface area (Å²) < 4.78 is 0. The largest absolute Gasteiger partial charge is 0.396 e. The van der Waals surface area contributed by atoms with E-state index in [1.165, 1.54) is 0 Å². The molecular weight excluding hydrogens is 126 g/mol. The minimum absolute atomic E-state index is 0.204. The monoisotopic (exact) mass is 141 g/mol. The van der Waals surface area contributed by atoms with Crippen molar-refractivity contribution in [1.82, 2.24) is 0 Å². The van der Waals surface area contributed by atoms with Gasteiger partial charge in [0.25, 0.3) is 0 Å². The number of aliphatic hydroxyl groups is 1. The molecule has 0 aromatic rings. The highest BCUT2D eigenvalue weighted by Crippen LogP contribution is 1.96. The Morgan fingerprint density at radius 1 is 1.40 bits per heavy atom. The minimum atomic E-state index is 0.204. The van der Waals surface area contributed by atoms with Crippen molar-refractivity contribution in [2.24, 2.45) is 4.99 Å². The van der Waals surface area contributed by atoms with E-state index in [0.717, 1.165) is 11.4 Å². The number of aliphatic hydroxyl groups excluding tert-OH is 1. The number of nitrogens with zero attached hydrogens (tertiary/aromatic N) is 1. The molecule has 0 aromatic heterocycles. The van der Waals surface area contributed by atoms with E-state index in [9.17, 15) is 0 Å². The first-order valence-electron chi connectivity index (χ1n) is 3.46. The first-order valence-corrected chi connectivity index (χ1v) is 3.46. The fourth-order valence-corrected chi connectivity index (χ4v) is 0.672. The molecule has 0 saturated carbocycles. The van der Waals surface area contributed by atoms with E-state index < -0.39 is 0 Å². The molecule has 58 valence electrons. The van der Waals surface area contributed by atoms with Crippen molar-refractivity contribution < 1.29 is 5.11 Å². The number of rotatable bonds is 3. The molecule has 0 aliphatic carbocycles. The predicted molar refractivity (Wildman–Crippen MR) is 44.2 cm³/mol. The Morgan fingerprint density at radius 2 is 2.00 bits per heavy atom. The molecule has 0 heterocycles. The third-order valence-corrected chi connectivity index (χ3v) is 0.969. The van der Waals surface area contributed by atoms with Crippen LogP contribution in [0.15, 0.2) is 16.8 Å². The molecule has 0 bridgehead atoms. The minimum Gasteiger partial charge on any atom is -0.396 e. The van der Waals surface area contributed by atoms with Crippen LogP contribution in [0.3, 0.4) is 0 Å². The van der Waals surface area contributed by atoms with Gasteiger partial charge in [-0.15, -0.1) is 0 Å². The van der Waals surface area contributed by atoms with Gasteiger partial charge < -0.3 is 5.11 Å². The standard InChI is InChI=1S/C8H15NO/c1-7(2)9-8(3)5-4-6-10/h5,10H,4,6H2,1-3H3/b8-5+. The van der Waals surface area contributed by atoms with Crippen LogP contribution in [-0.4, -0.2) is 17.4 Å². The lowest BCUT2D eigenvalue weighted by molar-refractivity contribution is 0.302. The summed E-state index contributed by atoms with van der Waals surface area (Å²) in [5, 5.41) is 8.46. The molecule has 0 aromatic carbocycles. The van der Waals surface area contributed by atoms with Gasteiger partial charge in [0, 0.05) is 18.0 Å². The Kier molecular flexibility index (Phi) is 4.85. The van der Waals surface area contributed by atoms with Gasteiger partial charge in [0.1, 0.15) is 0 Å². The predicted octanol–water partition coefficient (Wildman–Crippen LogP) is 1.75. The summed E-state index contributed by atoms with van der Waals surface area (Å²) in [5.41, 5.74) is 2.03. The zero-order chi connectivity index (χ0) is 7.98. The maximum Gasteiger partial charge on any atom is 0.0466 e. The van der Waals surface area contributed by atoms with Gasteiger partial charge in [0.2, 0.25) is 0 Å². The first kappa shape index (κ1) is 9.37. The van der Waals surface area contributed by atoms with E-state index >= 15 is 0 Å². The van der Waals surface area contributed by atoms with Crippen molar-refractivity contribution in [3.05, 3.63) is 11.8 Å². The van der Waals surface area contributed by atoms with Gasteiger partial charge in [-0.05, 0) is 27.2 Å². The number of hydrogen-bond donors (Lipinski definition) is 1. The van der Waals surface area contributed by atoms with E-state index in [1.54, 1.807) is 0 Å². The lowest BCUT2D eigenvalue weighted by atomic mass is 10.3. The summed E-state index contributed by atoms with van der Waals surface area (Å²) in [7, 11) is 0. The van der Waals surface area contributed by atoms with Crippen LogP contribution >= 0.6 is 0 Å². The van der Waals surface area contributed by atoms with Gasteiger partial charge in [0.05, 0.1) is 0 Å². The Hall–Kier alpha value is -0.630. The first-order chi connectivity index (χ1) is 4.66. The lowest BCUT2D eigenvalue weighted by Gasteiger charge is -1.92. The van der Waals surface area contributed by atoms with Gasteiger partial charge >= 0.3 is 0 Å². The molecule has 10 heavy (non-hydrogen) atoms. The van der Waals surface area contributed by atoms with Crippen LogP contribution in [0.5, 0.6) is 0 Å². The summed E-state index contributed by atoms with van der Waals surface area (Å²) in [6.07, 6.45) is 2.62. The third-order valence-electron chi connectivity index (χ3n) is 0.969. The van der Waals surface area contributed by atoms with Crippen LogP contribution in [-0.2, 0) is 0 Å². The zero-order valence-electron chi connectivity index (χ0n) is 6.89. The average Bonchev–Trinajstić information content (AvgIpc) is 1.82. The van der Waals surface area contributed by atoms with Crippen molar-refractivity contribution >= 4 is 5.71 Å². The summed E-state index contributed by atoms with van der Waals surface area (Å²) >= 11 is 0. The Morgan fingerprint density at radius 3 is 2.40 bits per heavy atom. The summed E-state index contributed by atoms with van der Waals surface area (Å²) in [6, 6.07) is 0. The molecule has 2 nitrogen and oxygen atoms in total. The van der Waals surface area contributed by atoms with Crippen LogP contribution < -0.4 is 0 Å². The number of hydrogen-bond acceptors (Lipinski definition) is 2. The molecule has 0 aliphatic heterocycles. The quantitative estimate of drug-likeness (QED) is 0.597.